The summed E-state index contributed by atoms with van der Waals surface area (Å²) in [5, 5.41) is 6.96. The van der Waals surface area contributed by atoms with Crippen LogP contribution in [0.25, 0.3) is 0 Å². The van der Waals surface area contributed by atoms with Crippen LogP contribution in [-0.2, 0) is 0 Å². The molecule has 2 aromatic rings. The highest BCUT2D eigenvalue weighted by Crippen LogP contribution is 2.16. The summed E-state index contributed by atoms with van der Waals surface area (Å²) in [5.41, 5.74) is 0.260. The largest absolute Gasteiger partial charge is 0.454 e. The molecule has 0 radical (unpaired) electrons. The molecule has 0 aliphatic carbocycles. The van der Waals surface area contributed by atoms with Gasteiger partial charge in [-0.1, -0.05) is 12.1 Å². The van der Waals surface area contributed by atoms with Gasteiger partial charge >= 0.3 is 0 Å². The van der Waals surface area contributed by atoms with Crippen molar-refractivity contribution in [3.05, 3.63) is 53.7 Å². The van der Waals surface area contributed by atoms with E-state index in [9.17, 15) is 4.39 Å². The summed E-state index contributed by atoms with van der Waals surface area (Å²) < 4.78 is 18.4. The summed E-state index contributed by atoms with van der Waals surface area (Å²) in [7, 11) is 0. The van der Waals surface area contributed by atoms with Gasteiger partial charge in [0, 0.05) is 0 Å². The molecule has 1 aromatic carbocycles. The van der Waals surface area contributed by atoms with Crippen LogP contribution < -0.4 is 0 Å². The summed E-state index contributed by atoms with van der Waals surface area (Å²) >= 11 is 0. The number of nitrogens with zero attached hydrogens (tertiary/aromatic N) is 1. The first kappa shape index (κ1) is 10.3. The molecule has 80 valence electrons. The van der Waals surface area contributed by atoms with Crippen LogP contribution in [0.15, 0.2) is 45.8 Å². The standard InChI is InChI=1S/C12H9FN2O/c13-11-3-1-2-4-12(11)15-8-10-6-5-9(7-14)16-10/h1-8,14H. The van der Waals surface area contributed by atoms with Gasteiger partial charge < -0.3 is 9.83 Å². The van der Waals surface area contributed by atoms with E-state index in [0.717, 1.165) is 6.21 Å². The van der Waals surface area contributed by atoms with Crippen LogP contribution in [0.4, 0.5) is 10.1 Å². The van der Waals surface area contributed by atoms with Gasteiger partial charge in [0.15, 0.2) is 0 Å². The highest BCUT2D eigenvalue weighted by molar-refractivity contribution is 5.81. The molecule has 2 rings (SSSR count). The van der Waals surface area contributed by atoms with Gasteiger partial charge in [0.05, 0.1) is 18.1 Å². The minimum absolute atomic E-state index is 0.260. The Morgan fingerprint density at radius 1 is 1.12 bits per heavy atom. The summed E-state index contributed by atoms with van der Waals surface area (Å²) in [5.74, 6) is 0.550. The minimum atomic E-state index is -0.377. The number of para-hydroxylation sites is 1. The van der Waals surface area contributed by atoms with Gasteiger partial charge in [-0.2, -0.15) is 0 Å². The number of aliphatic imine (C=N–C) groups is 1. The second-order valence-electron chi connectivity index (χ2n) is 3.09. The molecular formula is C12H9FN2O. The molecule has 1 heterocycles. The number of nitrogens with one attached hydrogen (secondary N) is 1. The minimum Gasteiger partial charge on any atom is -0.454 e. The number of hydrogen-bond donors (Lipinski definition) is 1. The van der Waals surface area contributed by atoms with E-state index in [4.69, 9.17) is 9.83 Å². The van der Waals surface area contributed by atoms with Crippen molar-refractivity contribution in [1.29, 1.82) is 5.41 Å². The maximum absolute atomic E-state index is 13.2. The van der Waals surface area contributed by atoms with E-state index in [-0.39, 0.29) is 11.5 Å². The lowest BCUT2D eigenvalue weighted by Crippen LogP contribution is -1.78. The molecule has 0 amide bonds. The molecule has 0 bridgehead atoms. The topological polar surface area (TPSA) is 49.4 Å². The molecule has 0 fully saturated rings. The van der Waals surface area contributed by atoms with Crippen molar-refractivity contribution < 1.29 is 8.81 Å². The average Bonchev–Trinajstić information content (AvgIpc) is 2.76. The van der Waals surface area contributed by atoms with Crippen molar-refractivity contribution in [2.24, 2.45) is 4.99 Å². The van der Waals surface area contributed by atoms with Gasteiger partial charge in [-0.05, 0) is 24.3 Å². The van der Waals surface area contributed by atoms with E-state index in [1.54, 1.807) is 30.3 Å². The molecule has 0 atom stereocenters. The van der Waals surface area contributed by atoms with E-state index < -0.39 is 0 Å². The lowest BCUT2D eigenvalue weighted by molar-refractivity contribution is 0.553. The lowest BCUT2D eigenvalue weighted by Gasteiger charge is -1.93. The number of rotatable bonds is 3. The van der Waals surface area contributed by atoms with E-state index in [1.807, 2.05) is 0 Å². The van der Waals surface area contributed by atoms with E-state index in [0.29, 0.717) is 11.5 Å². The zero-order valence-electron chi connectivity index (χ0n) is 8.35. The third-order valence-corrected chi connectivity index (χ3v) is 1.97. The van der Waals surface area contributed by atoms with E-state index >= 15 is 0 Å². The quantitative estimate of drug-likeness (QED) is 0.787. The van der Waals surface area contributed by atoms with Crippen LogP contribution in [0.1, 0.15) is 11.5 Å². The summed E-state index contributed by atoms with van der Waals surface area (Å²) in [4.78, 5) is 3.95. The Morgan fingerprint density at radius 2 is 1.88 bits per heavy atom. The Morgan fingerprint density at radius 3 is 2.56 bits per heavy atom. The monoisotopic (exact) mass is 216 g/mol. The first-order valence-corrected chi connectivity index (χ1v) is 4.68. The van der Waals surface area contributed by atoms with Crippen molar-refractivity contribution >= 4 is 18.1 Å². The Bertz CT molecular complexity index is 531. The van der Waals surface area contributed by atoms with Gasteiger partial charge in [-0.3, -0.25) is 0 Å². The maximum atomic E-state index is 13.2. The number of benzene rings is 1. The fourth-order valence-electron chi connectivity index (χ4n) is 1.20. The fraction of sp³-hybridized carbons (Fsp3) is 0. The third kappa shape index (κ3) is 2.23. The Kier molecular flexibility index (Phi) is 2.91. The molecule has 0 unspecified atom stereocenters. The molecule has 4 heteroatoms. The van der Waals surface area contributed by atoms with Gasteiger partial charge in [0.1, 0.15) is 17.3 Å². The summed E-state index contributed by atoms with van der Waals surface area (Å²) in [6.07, 6.45) is 2.52. The predicted octanol–water partition coefficient (Wildman–Crippen LogP) is 3.17. The molecule has 0 saturated carbocycles. The van der Waals surface area contributed by atoms with Gasteiger partial charge in [0.25, 0.3) is 0 Å². The predicted molar refractivity (Wildman–Crippen MR) is 60.2 cm³/mol. The molecule has 0 aliphatic rings. The second-order valence-corrected chi connectivity index (χ2v) is 3.09. The van der Waals surface area contributed by atoms with Crippen molar-refractivity contribution in [2.75, 3.05) is 0 Å². The first-order valence-electron chi connectivity index (χ1n) is 4.68. The SMILES string of the molecule is N=Cc1ccc(C=Nc2ccccc2F)o1. The zero-order valence-corrected chi connectivity index (χ0v) is 8.35. The molecule has 1 N–H and O–H groups in total. The van der Waals surface area contributed by atoms with Gasteiger partial charge in [-0.25, -0.2) is 9.38 Å². The molecule has 0 aliphatic heterocycles. The Hall–Kier alpha value is -2.23. The molecule has 0 saturated heterocycles. The fourth-order valence-corrected chi connectivity index (χ4v) is 1.20. The van der Waals surface area contributed by atoms with E-state index in [2.05, 4.69) is 4.99 Å². The molecular weight excluding hydrogens is 207 g/mol. The molecule has 1 aromatic heterocycles. The second kappa shape index (κ2) is 4.53. The van der Waals surface area contributed by atoms with E-state index in [1.165, 1.54) is 12.3 Å². The van der Waals surface area contributed by atoms with Gasteiger partial charge in [-0.15, -0.1) is 0 Å². The van der Waals surface area contributed by atoms with Crippen LogP contribution in [0.3, 0.4) is 0 Å². The molecule has 16 heavy (non-hydrogen) atoms. The highest BCUT2D eigenvalue weighted by atomic mass is 19.1. The Balaban J connectivity index is 2.21. The zero-order chi connectivity index (χ0) is 11.4. The molecule has 0 spiro atoms. The number of furan rings is 1. The van der Waals surface area contributed by atoms with Crippen molar-refractivity contribution in [2.45, 2.75) is 0 Å². The number of hydrogen-bond acceptors (Lipinski definition) is 3. The van der Waals surface area contributed by atoms with Crippen LogP contribution in [0, 0.1) is 11.2 Å². The third-order valence-electron chi connectivity index (χ3n) is 1.97. The first-order chi connectivity index (χ1) is 7.79. The van der Waals surface area contributed by atoms with Crippen molar-refractivity contribution in [3.63, 3.8) is 0 Å². The summed E-state index contributed by atoms with van der Waals surface area (Å²) in [6, 6.07) is 9.56. The normalized spacial score (nSPS) is 10.8. The van der Waals surface area contributed by atoms with Crippen LogP contribution in [0.5, 0.6) is 0 Å². The summed E-state index contributed by atoms with van der Waals surface area (Å²) in [6.45, 7) is 0. The average molecular weight is 216 g/mol. The lowest BCUT2D eigenvalue weighted by atomic mass is 10.3. The maximum Gasteiger partial charge on any atom is 0.148 e. The Labute approximate surface area is 91.8 Å². The van der Waals surface area contributed by atoms with Crippen molar-refractivity contribution in [3.8, 4) is 0 Å². The van der Waals surface area contributed by atoms with Gasteiger partial charge in [0.2, 0.25) is 0 Å². The van der Waals surface area contributed by atoms with Crippen LogP contribution in [-0.4, -0.2) is 12.4 Å². The van der Waals surface area contributed by atoms with Crippen LogP contribution in [0.2, 0.25) is 0 Å². The van der Waals surface area contributed by atoms with Crippen LogP contribution >= 0.6 is 0 Å². The number of halogens is 1. The van der Waals surface area contributed by atoms with Crippen molar-refractivity contribution in [1.82, 2.24) is 0 Å². The molecule has 3 nitrogen and oxygen atoms in total. The smallest absolute Gasteiger partial charge is 0.148 e. The highest BCUT2D eigenvalue weighted by Gasteiger charge is 1.98.